The number of aromatic nitrogens is 4. The molecule has 0 radical (unpaired) electrons. The predicted octanol–water partition coefficient (Wildman–Crippen LogP) is 4.14. The second kappa shape index (κ2) is 6.04. The Hall–Kier alpha value is -2.92. The first-order valence-corrected chi connectivity index (χ1v) is 9.65. The van der Waals surface area contributed by atoms with Crippen molar-refractivity contribution in [3.63, 3.8) is 0 Å². The number of halogens is 1. The zero-order valence-corrected chi connectivity index (χ0v) is 16.4. The van der Waals surface area contributed by atoms with Crippen LogP contribution >= 0.6 is 11.6 Å². The number of fused-ring (bicyclic) bond motifs is 1. The second-order valence-corrected chi connectivity index (χ2v) is 8.03. The van der Waals surface area contributed by atoms with E-state index in [0.717, 1.165) is 46.0 Å². The van der Waals surface area contributed by atoms with Gasteiger partial charge in [0.1, 0.15) is 5.82 Å². The highest BCUT2D eigenvalue weighted by Gasteiger charge is 2.49. The molecule has 0 aliphatic heterocycles. The number of rotatable bonds is 3. The van der Waals surface area contributed by atoms with Crippen LogP contribution in [0.1, 0.15) is 29.8 Å². The maximum Gasteiger partial charge on any atom is 0.253 e. The molecule has 28 heavy (non-hydrogen) atoms. The molecule has 0 N–H and O–H groups in total. The van der Waals surface area contributed by atoms with E-state index in [4.69, 9.17) is 11.6 Å². The minimum Gasteiger partial charge on any atom is -0.318 e. The molecule has 5 nitrogen and oxygen atoms in total. The SMILES string of the molecule is Cc1cc(-c2ccc3nnc(C4(c5cccc(Cl)c5)CC4)n3c2)cn(C)c1=O. The summed E-state index contributed by atoms with van der Waals surface area (Å²) in [6, 6.07) is 13.9. The molecule has 0 saturated heterocycles. The lowest BCUT2D eigenvalue weighted by atomic mass is 9.95. The van der Waals surface area contributed by atoms with Gasteiger partial charge in [-0.1, -0.05) is 23.7 Å². The quantitative estimate of drug-likeness (QED) is 0.528. The number of aryl methyl sites for hydroxylation is 2. The lowest BCUT2D eigenvalue weighted by Crippen LogP contribution is -2.18. The van der Waals surface area contributed by atoms with E-state index in [1.54, 1.807) is 11.6 Å². The summed E-state index contributed by atoms with van der Waals surface area (Å²) in [5.74, 6) is 0.938. The first kappa shape index (κ1) is 17.2. The largest absolute Gasteiger partial charge is 0.318 e. The summed E-state index contributed by atoms with van der Waals surface area (Å²) in [7, 11) is 1.78. The van der Waals surface area contributed by atoms with Gasteiger partial charge >= 0.3 is 0 Å². The van der Waals surface area contributed by atoms with E-state index in [2.05, 4.69) is 26.9 Å². The van der Waals surface area contributed by atoms with Crippen molar-refractivity contribution in [2.45, 2.75) is 25.2 Å². The molecule has 5 rings (SSSR count). The number of hydrogen-bond donors (Lipinski definition) is 0. The molecule has 3 heterocycles. The van der Waals surface area contributed by atoms with Gasteiger partial charge in [0.2, 0.25) is 0 Å². The molecule has 1 fully saturated rings. The zero-order valence-electron chi connectivity index (χ0n) is 15.7. The lowest BCUT2D eigenvalue weighted by Gasteiger charge is -2.15. The van der Waals surface area contributed by atoms with E-state index in [1.165, 1.54) is 5.56 Å². The number of pyridine rings is 2. The molecule has 0 bridgehead atoms. The van der Waals surface area contributed by atoms with Gasteiger partial charge in [-0.05, 0) is 66.8 Å². The Kier molecular flexibility index (Phi) is 3.71. The van der Waals surface area contributed by atoms with Gasteiger partial charge in [-0.3, -0.25) is 9.20 Å². The van der Waals surface area contributed by atoms with Gasteiger partial charge in [0.15, 0.2) is 5.65 Å². The fraction of sp³-hybridized carbons (Fsp3) is 0.227. The van der Waals surface area contributed by atoms with Crippen LogP contribution in [0.25, 0.3) is 16.8 Å². The molecular weight excluding hydrogens is 372 g/mol. The van der Waals surface area contributed by atoms with E-state index >= 15 is 0 Å². The summed E-state index contributed by atoms with van der Waals surface area (Å²) >= 11 is 6.24. The van der Waals surface area contributed by atoms with Crippen LogP contribution < -0.4 is 5.56 Å². The van der Waals surface area contributed by atoms with E-state index in [1.807, 2.05) is 49.5 Å². The average molecular weight is 391 g/mol. The Morgan fingerprint density at radius 3 is 2.57 bits per heavy atom. The van der Waals surface area contributed by atoms with Gasteiger partial charge in [0.05, 0.1) is 5.41 Å². The Labute approximate surface area is 167 Å². The number of nitrogens with zero attached hydrogens (tertiary/aromatic N) is 4. The predicted molar refractivity (Wildman–Crippen MR) is 110 cm³/mol. The third-order valence-electron chi connectivity index (χ3n) is 5.65. The highest BCUT2D eigenvalue weighted by atomic mass is 35.5. The third kappa shape index (κ3) is 2.58. The van der Waals surface area contributed by atoms with E-state index < -0.39 is 0 Å². The van der Waals surface area contributed by atoms with Crippen LogP contribution in [0, 0.1) is 6.92 Å². The topological polar surface area (TPSA) is 52.2 Å². The lowest BCUT2D eigenvalue weighted by molar-refractivity contribution is 0.740. The summed E-state index contributed by atoms with van der Waals surface area (Å²) in [6.07, 6.45) is 5.98. The zero-order chi connectivity index (χ0) is 19.5. The Morgan fingerprint density at radius 2 is 1.86 bits per heavy atom. The molecule has 1 aliphatic rings. The van der Waals surface area contributed by atoms with Gasteiger partial charge < -0.3 is 4.57 Å². The fourth-order valence-electron chi connectivity index (χ4n) is 3.98. The molecule has 3 aromatic heterocycles. The molecule has 140 valence electrons. The van der Waals surface area contributed by atoms with Crippen molar-refractivity contribution in [1.29, 1.82) is 0 Å². The van der Waals surface area contributed by atoms with E-state index in [9.17, 15) is 4.79 Å². The molecule has 1 aromatic carbocycles. The van der Waals surface area contributed by atoms with Crippen LogP contribution in [0.4, 0.5) is 0 Å². The highest BCUT2D eigenvalue weighted by molar-refractivity contribution is 6.30. The molecule has 0 atom stereocenters. The Balaban J connectivity index is 1.67. The smallest absolute Gasteiger partial charge is 0.253 e. The van der Waals surface area contributed by atoms with Crippen LogP contribution in [0.3, 0.4) is 0 Å². The van der Waals surface area contributed by atoms with Crippen LogP contribution in [-0.4, -0.2) is 19.2 Å². The van der Waals surface area contributed by atoms with Crippen molar-refractivity contribution in [1.82, 2.24) is 19.2 Å². The maximum absolute atomic E-state index is 12.0. The number of hydrogen-bond acceptors (Lipinski definition) is 3. The van der Waals surface area contributed by atoms with Crippen LogP contribution in [-0.2, 0) is 12.5 Å². The first-order valence-electron chi connectivity index (χ1n) is 9.27. The normalized spacial score (nSPS) is 15.1. The van der Waals surface area contributed by atoms with Crippen molar-refractivity contribution in [2.24, 2.45) is 7.05 Å². The van der Waals surface area contributed by atoms with Gasteiger partial charge in [0.25, 0.3) is 5.56 Å². The monoisotopic (exact) mass is 390 g/mol. The van der Waals surface area contributed by atoms with Gasteiger partial charge in [0, 0.05) is 30.0 Å². The highest BCUT2D eigenvalue weighted by Crippen LogP contribution is 2.53. The fourth-order valence-corrected chi connectivity index (χ4v) is 4.17. The maximum atomic E-state index is 12.0. The minimum absolute atomic E-state index is 0.0210. The van der Waals surface area contributed by atoms with Crippen LogP contribution in [0.5, 0.6) is 0 Å². The third-order valence-corrected chi connectivity index (χ3v) is 5.89. The summed E-state index contributed by atoms with van der Waals surface area (Å²) in [5.41, 5.74) is 4.62. The molecule has 1 saturated carbocycles. The van der Waals surface area contributed by atoms with Crippen molar-refractivity contribution >= 4 is 17.2 Å². The van der Waals surface area contributed by atoms with Crippen molar-refractivity contribution in [2.75, 3.05) is 0 Å². The summed E-state index contributed by atoms with van der Waals surface area (Å²) in [5, 5.41) is 9.65. The van der Waals surface area contributed by atoms with Crippen molar-refractivity contribution < 1.29 is 0 Å². The van der Waals surface area contributed by atoms with E-state index in [0.29, 0.717) is 0 Å². The van der Waals surface area contributed by atoms with E-state index in [-0.39, 0.29) is 11.0 Å². The average Bonchev–Trinajstić information content (AvgIpc) is 3.38. The molecule has 6 heteroatoms. The van der Waals surface area contributed by atoms with Gasteiger partial charge in [-0.2, -0.15) is 0 Å². The molecular formula is C22H19ClN4O. The minimum atomic E-state index is -0.137. The molecule has 0 amide bonds. The molecule has 1 aliphatic carbocycles. The summed E-state index contributed by atoms with van der Waals surface area (Å²) in [4.78, 5) is 12.0. The van der Waals surface area contributed by atoms with Gasteiger partial charge in [-0.15, -0.1) is 10.2 Å². The van der Waals surface area contributed by atoms with Crippen molar-refractivity contribution in [3.05, 3.63) is 87.2 Å². The molecule has 0 spiro atoms. The van der Waals surface area contributed by atoms with Crippen molar-refractivity contribution in [3.8, 4) is 11.1 Å². The number of benzene rings is 1. The second-order valence-electron chi connectivity index (χ2n) is 7.59. The molecule has 0 unspecified atom stereocenters. The van der Waals surface area contributed by atoms with Crippen LogP contribution in [0.2, 0.25) is 5.02 Å². The first-order chi connectivity index (χ1) is 13.5. The Bertz CT molecular complexity index is 1260. The standard InChI is InChI=1S/C22H19ClN4O/c1-14-10-16(12-26(2)20(14)28)15-6-7-19-24-25-21(27(19)13-15)22(8-9-22)17-4-3-5-18(23)11-17/h3-7,10-13H,8-9H2,1-2H3. The summed E-state index contributed by atoms with van der Waals surface area (Å²) < 4.78 is 3.69. The van der Waals surface area contributed by atoms with Crippen LogP contribution in [0.15, 0.2) is 59.7 Å². The molecule has 4 aromatic rings. The Morgan fingerprint density at radius 1 is 1.04 bits per heavy atom. The summed E-state index contributed by atoms with van der Waals surface area (Å²) in [6.45, 7) is 1.84. The van der Waals surface area contributed by atoms with Gasteiger partial charge in [-0.25, -0.2) is 0 Å².